The molecule has 1 aliphatic heterocycles. The number of aromatic nitrogens is 5. The van der Waals surface area contributed by atoms with Gasteiger partial charge in [0.1, 0.15) is 12.1 Å². The van der Waals surface area contributed by atoms with Crippen LogP contribution in [0.1, 0.15) is 34.8 Å². The molecule has 0 N–H and O–H groups in total. The molecule has 25 heavy (non-hydrogen) atoms. The summed E-state index contributed by atoms with van der Waals surface area (Å²) in [7, 11) is 1.95. The molecule has 128 valence electrons. The summed E-state index contributed by atoms with van der Waals surface area (Å²) in [5, 5.41) is 4.26. The number of pyridine rings is 1. The molecular formula is C18H20N6O. The normalized spacial score (nSPS) is 17.6. The fourth-order valence-corrected chi connectivity index (χ4v) is 3.46. The predicted molar refractivity (Wildman–Crippen MR) is 92.4 cm³/mol. The number of hydrogen-bond donors (Lipinski definition) is 0. The first-order valence-electron chi connectivity index (χ1n) is 8.44. The van der Waals surface area contributed by atoms with Crippen LogP contribution in [-0.4, -0.2) is 48.2 Å². The molecule has 0 aromatic carbocycles. The Morgan fingerprint density at radius 3 is 2.92 bits per heavy atom. The first kappa shape index (κ1) is 15.6. The molecule has 7 nitrogen and oxygen atoms in total. The Morgan fingerprint density at radius 1 is 1.24 bits per heavy atom. The van der Waals surface area contributed by atoms with Crippen LogP contribution in [0.2, 0.25) is 0 Å². The summed E-state index contributed by atoms with van der Waals surface area (Å²) in [4.78, 5) is 23.3. The van der Waals surface area contributed by atoms with Crippen LogP contribution in [-0.2, 0) is 7.05 Å². The zero-order valence-electron chi connectivity index (χ0n) is 14.1. The van der Waals surface area contributed by atoms with E-state index in [4.69, 9.17) is 0 Å². The molecule has 1 aliphatic rings. The maximum Gasteiger partial charge on any atom is 0.254 e. The Kier molecular flexibility index (Phi) is 4.05. The number of carbonyl (C=O) groups is 1. The zero-order valence-corrected chi connectivity index (χ0v) is 14.1. The van der Waals surface area contributed by atoms with E-state index < -0.39 is 0 Å². The second kappa shape index (κ2) is 6.51. The molecular weight excluding hydrogens is 316 g/mol. The Bertz CT molecular complexity index is 869. The van der Waals surface area contributed by atoms with Crippen LogP contribution < -0.4 is 0 Å². The molecule has 3 aromatic heterocycles. The molecule has 3 aromatic rings. The van der Waals surface area contributed by atoms with Crippen molar-refractivity contribution >= 4 is 5.91 Å². The highest BCUT2D eigenvalue weighted by Gasteiger charge is 2.27. The minimum absolute atomic E-state index is 0.0515. The van der Waals surface area contributed by atoms with Crippen molar-refractivity contribution in [2.75, 3.05) is 13.1 Å². The molecule has 1 atom stereocenters. The maximum absolute atomic E-state index is 13.0. The van der Waals surface area contributed by atoms with Crippen LogP contribution in [0.4, 0.5) is 0 Å². The number of amides is 1. The number of piperidine rings is 1. The number of carbonyl (C=O) groups excluding carboxylic acids is 1. The van der Waals surface area contributed by atoms with E-state index in [1.807, 2.05) is 41.2 Å². The van der Waals surface area contributed by atoms with E-state index in [1.54, 1.807) is 29.4 Å². The minimum atomic E-state index is 0.0515. The van der Waals surface area contributed by atoms with Crippen molar-refractivity contribution < 1.29 is 4.79 Å². The molecule has 0 aliphatic carbocycles. The number of imidazole rings is 1. The van der Waals surface area contributed by atoms with Crippen molar-refractivity contribution in [3.05, 3.63) is 60.6 Å². The van der Waals surface area contributed by atoms with Gasteiger partial charge in [0.15, 0.2) is 0 Å². The van der Waals surface area contributed by atoms with Crippen LogP contribution in [0, 0.1) is 0 Å². The van der Waals surface area contributed by atoms with Crippen LogP contribution in [0.25, 0.3) is 5.82 Å². The lowest BCUT2D eigenvalue weighted by Gasteiger charge is -2.33. The van der Waals surface area contributed by atoms with Gasteiger partial charge in [0.05, 0.1) is 0 Å². The average Bonchev–Trinajstić information content (AvgIpc) is 3.33. The molecule has 0 spiro atoms. The standard InChI is InChI=1S/C18H20N6O/c1-22-16(5-7-21-22)15-3-2-9-23(12-15)18(25)14-4-6-20-17(11-14)24-10-8-19-13-24/h4-8,10-11,13,15H,2-3,9,12H2,1H3. The third-order valence-electron chi connectivity index (χ3n) is 4.75. The number of hydrogen-bond acceptors (Lipinski definition) is 4. The van der Waals surface area contributed by atoms with Gasteiger partial charge in [0.2, 0.25) is 0 Å². The average molecular weight is 336 g/mol. The van der Waals surface area contributed by atoms with Crippen molar-refractivity contribution in [1.82, 2.24) is 29.2 Å². The van der Waals surface area contributed by atoms with Gasteiger partial charge in [-0.15, -0.1) is 0 Å². The quantitative estimate of drug-likeness (QED) is 0.734. The number of likely N-dealkylation sites (tertiary alicyclic amines) is 1. The monoisotopic (exact) mass is 336 g/mol. The fraction of sp³-hybridized carbons (Fsp3) is 0.333. The lowest BCUT2D eigenvalue weighted by molar-refractivity contribution is 0.0704. The van der Waals surface area contributed by atoms with Crippen LogP contribution >= 0.6 is 0 Å². The molecule has 4 rings (SSSR count). The van der Waals surface area contributed by atoms with Crippen molar-refractivity contribution in [3.8, 4) is 5.82 Å². The molecule has 0 bridgehead atoms. The lowest BCUT2D eigenvalue weighted by atomic mass is 9.94. The molecule has 1 saturated heterocycles. The Morgan fingerprint density at radius 2 is 2.16 bits per heavy atom. The zero-order chi connectivity index (χ0) is 17.2. The van der Waals surface area contributed by atoms with Gasteiger partial charge in [0.25, 0.3) is 5.91 Å². The van der Waals surface area contributed by atoms with E-state index in [-0.39, 0.29) is 5.91 Å². The van der Waals surface area contributed by atoms with Crippen LogP contribution in [0.15, 0.2) is 49.3 Å². The van der Waals surface area contributed by atoms with E-state index in [2.05, 4.69) is 15.1 Å². The van der Waals surface area contributed by atoms with E-state index >= 15 is 0 Å². The van der Waals surface area contributed by atoms with E-state index in [1.165, 1.54) is 5.69 Å². The van der Waals surface area contributed by atoms with Crippen molar-refractivity contribution in [2.24, 2.45) is 7.05 Å². The Balaban J connectivity index is 1.54. The van der Waals surface area contributed by atoms with E-state index in [9.17, 15) is 4.79 Å². The van der Waals surface area contributed by atoms with Gasteiger partial charge in [-0.3, -0.25) is 14.0 Å². The topological polar surface area (TPSA) is 68.8 Å². The van der Waals surface area contributed by atoms with E-state index in [0.717, 1.165) is 25.9 Å². The summed E-state index contributed by atoms with van der Waals surface area (Å²) in [6, 6.07) is 5.64. The van der Waals surface area contributed by atoms with Crippen LogP contribution in [0.5, 0.6) is 0 Å². The maximum atomic E-state index is 13.0. The highest BCUT2D eigenvalue weighted by Crippen LogP contribution is 2.27. The van der Waals surface area contributed by atoms with Gasteiger partial charge in [-0.05, 0) is 31.0 Å². The van der Waals surface area contributed by atoms with Crippen molar-refractivity contribution in [3.63, 3.8) is 0 Å². The highest BCUT2D eigenvalue weighted by atomic mass is 16.2. The number of aryl methyl sites for hydroxylation is 1. The Labute approximate surface area is 145 Å². The highest BCUT2D eigenvalue weighted by molar-refractivity contribution is 5.94. The first-order valence-corrected chi connectivity index (χ1v) is 8.44. The molecule has 7 heteroatoms. The molecule has 0 saturated carbocycles. The molecule has 0 radical (unpaired) electrons. The third-order valence-corrected chi connectivity index (χ3v) is 4.75. The van der Waals surface area contributed by atoms with Gasteiger partial charge in [-0.25, -0.2) is 9.97 Å². The lowest BCUT2D eigenvalue weighted by Crippen LogP contribution is -2.39. The second-order valence-electron chi connectivity index (χ2n) is 6.34. The smallest absolute Gasteiger partial charge is 0.254 e. The van der Waals surface area contributed by atoms with Gasteiger partial charge < -0.3 is 4.90 Å². The SMILES string of the molecule is Cn1nccc1C1CCCN(C(=O)c2ccnc(-n3ccnc3)c2)C1. The molecule has 4 heterocycles. The molecule has 1 unspecified atom stereocenters. The van der Waals surface area contributed by atoms with Gasteiger partial charge in [-0.2, -0.15) is 5.10 Å². The largest absolute Gasteiger partial charge is 0.338 e. The number of rotatable bonds is 3. The summed E-state index contributed by atoms with van der Waals surface area (Å²) in [6.45, 7) is 1.51. The van der Waals surface area contributed by atoms with Crippen molar-refractivity contribution in [2.45, 2.75) is 18.8 Å². The minimum Gasteiger partial charge on any atom is -0.338 e. The predicted octanol–water partition coefficient (Wildman–Crippen LogP) is 2.02. The van der Waals surface area contributed by atoms with Crippen LogP contribution in [0.3, 0.4) is 0 Å². The second-order valence-corrected chi connectivity index (χ2v) is 6.34. The summed E-state index contributed by atoms with van der Waals surface area (Å²) in [5.74, 6) is 1.08. The van der Waals surface area contributed by atoms with E-state index in [0.29, 0.717) is 17.3 Å². The summed E-state index contributed by atoms with van der Waals surface area (Å²) in [6.07, 6.45) is 10.8. The van der Waals surface area contributed by atoms with Crippen molar-refractivity contribution in [1.29, 1.82) is 0 Å². The van der Waals surface area contributed by atoms with Gasteiger partial charge in [0, 0.05) is 62.1 Å². The van der Waals surface area contributed by atoms with Gasteiger partial charge in [-0.1, -0.05) is 0 Å². The number of nitrogens with zero attached hydrogens (tertiary/aromatic N) is 6. The molecule has 1 fully saturated rings. The molecule has 1 amide bonds. The summed E-state index contributed by atoms with van der Waals surface area (Å²) >= 11 is 0. The van der Waals surface area contributed by atoms with Gasteiger partial charge >= 0.3 is 0 Å². The summed E-state index contributed by atoms with van der Waals surface area (Å²) < 4.78 is 3.70. The fourth-order valence-electron chi connectivity index (χ4n) is 3.46. The Hall–Kier alpha value is -2.96. The third kappa shape index (κ3) is 3.05. The summed E-state index contributed by atoms with van der Waals surface area (Å²) in [5.41, 5.74) is 1.84. The first-order chi connectivity index (χ1) is 12.2.